The number of benzene rings is 1. The zero-order valence-corrected chi connectivity index (χ0v) is 18.4. The summed E-state index contributed by atoms with van der Waals surface area (Å²) in [7, 11) is 0. The van der Waals surface area contributed by atoms with Crippen molar-refractivity contribution in [1.82, 2.24) is 4.98 Å². The van der Waals surface area contributed by atoms with Crippen LogP contribution in [0.3, 0.4) is 0 Å². The Hall–Kier alpha value is -1.83. The molecule has 0 amide bonds. The van der Waals surface area contributed by atoms with Crippen molar-refractivity contribution in [2.75, 3.05) is 6.61 Å². The van der Waals surface area contributed by atoms with Crippen molar-refractivity contribution >= 4 is 22.9 Å². The van der Waals surface area contributed by atoms with Crippen molar-refractivity contribution in [3.05, 3.63) is 49.9 Å². The summed E-state index contributed by atoms with van der Waals surface area (Å²) in [6, 6.07) is 6.14. The van der Waals surface area contributed by atoms with E-state index < -0.39 is 31.0 Å². The van der Waals surface area contributed by atoms with E-state index in [9.17, 15) is 26.3 Å². The van der Waals surface area contributed by atoms with Crippen LogP contribution >= 0.6 is 22.9 Å². The summed E-state index contributed by atoms with van der Waals surface area (Å²) in [5.41, 5.74) is 0.959. The van der Waals surface area contributed by atoms with Crippen LogP contribution in [0.2, 0.25) is 5.02 Å². The van der Waals surface area contributed by atoms with E-state index in [0.29, 0.717) is 34.0 Å². The number of hydrogen-bond acceptors (Lipinski definition) is 4. The monoisotopic (exact) mass is 496 g/mol. The van der Waals surface area contributed by atoms with Gasteiger partial charge in [0.2, 0.25) is 0 Å². The van der Waals surface area contributed by atoms with Gasteiger partial charge in [-0.2, -0.15) is 31.6 Å². The molecule has 1 aromatic carbocycles. The molecule has 1 saturated carbocycles. The van der Waals surface area contributed by atoms with Crippen molar-refractivity contribution in [3.63, 3.8) is 0 Å². The minimum Gasteiger partial charge on any atom is -0.358 e. The fraction of sp³-hybridized carbons (Fsp3) is 0.524. The molecule has 0 N–H and O–H groups in total. The number of aryl methyl sites for hydroxylation is 1. The van der Waals surface area contributed by atoms with E-state index in [1.54, 1.807) is 6.92 Å². The molecule has 32 heavy (non-hydrogen) atoms. The molecule has 1 unspecified atom stereocenters. The van der Waals surface area contributed by atoms with Crippen LogP contribution in [0.4, 0.5) is 26.3 Å². The number of rotatable bonds is 5. The highest BCUT2D eigenvalue weighted by Crippen LogP contribution is 2.45. The maximum atomic E-state index is 12.9. The number of thiazole rings is 1. The molecule has 0 bridgehead atoms. The SMILES string of the molecule is Cc1nc(C2CCC(C(F)(F)F)CC2)sc1C(OCC(F)(F)F)c1ccc(C#N)c(Cl)c1. The Kier molecular flexibility index (Phi) is 7.42. The third-order valence-electron chi connectivity index (χ3n) is 5.46. The van der Waals surface area contributed by atoms with Crippen LogP contribution in [0.25, 0.3) is 0 Å². The number of alkyl halides is 6. The Morgan fingerprint density at radius 2 is 1.84 bits per heavy atom. The van der Waals surface area contributed by atoms with Gasteiger partial charge >= 0.3 is 12.4 Å². The molecule has 3 rings (SSSR count). The lowest BCUT2D eigenvalue weighted by molar-refractivity contribution is -0.182. The van der Waals surface area contributed by atoms with Crippen LogP contribution in [0, 0.1) is 24.2 Å². The zero-order valence-electron chi connectivity index (χ0n) is 16.9. The Labute approximate surface area is 190 Å². The second-order valence-electron chi connectivity index (χ2n) is 7.75. The number of ether oxygens (including phenoxy) is 1. The van der Waals surface area contributed by atoms with Crippen LogP contribution in [-0.2, 0) is 4.74 Å². The van der Waals surface area contributed by atoms with Gasteiger partial charge in [0.25, 0.3) is 0 Å². The van der Waals surface area contributed by atoms with E-state index >= 15 is 0 Å². The van der Waals surface area contributed by atoms with Crippen molar-refractivity contribution in [2.45, 2.75) is 57.0 Å². The first-order valence-corrected chi connectivity index (χ1v) is 11.0. The molecule has 1 aromatic heterocycles. The molecule has 11 heteroatoms. The number of nitrogens with zero attached hydrogens (tertiary/aromatic N) is 2. The molecule has 1 heterocycles. The predicted octanol–water partition coefficient (Wildman–Crippen LogP) is 7.48. The fourth-order valence-corrected chi connectivity index (χ4v) is 5.35. The van der Waals surface area contributed by atoms with Gasteiger partial charge in [0.15, 0.2) is 0 Å². The van der Waals surface area contributed by atoms with Crippen LogP contribution in [0.15, 0.2) is 18.2 Å². The van der Waals surface area contributed by atoms with E-state index in [-0.39, 0.29) is 29.3 Å². The van der Waals surface area contributed by atoms with Gasteiger partial charge in [-0.05, 0) is 50.3 Å². The molecule has 2 aromatic rings. The van der Waals surface area contributed by atoms with E-state index in [2.05, 4.69) is 4.98 Å². The van der Waals surface area contributed by atoms with Gasteiger partial charge in [0, 0.05) is 5.92 Å². The molecule has 0 spiro atoms. The first-order valence-electron chi connectivity index (χ1n) is 9.81. The summed E-state index contributed by atoms with van der Waals surface area (Å²) in [6.07, 6.45) is -9.28. The first kappa shape index (κ1) is 24.8. The summed E-state index contributed by atoms with van der Waals surface area (Å²) in [5.74, 6) is -1.51. The Morgan fingerprint density at radius 1 is 1.19 bits per heavy atom. The zero-order chi connectivity index (χ0) is 23.7. The molecule has 174 valence electrons. The maximum absolute atomic E-state index is 12.9. The highest BCUT2D eigenvalue weighted by atomic mass is 35.5. The Morgan fingerprint density at radius 3 is 2.38 bits per heavy atom. The Bertz CT molecular complexity index is 990. The molecule has 3 nitrogen and oxygen atoms in total. The molecular formula is C21H19ClF6N2OS. The largest absolute Gasteiger partial charge is 0.411 e. The van der Waals surface area contributed by atoms with E-state index in [1.165, 1.54) is 18.2 Å². The van der Waals surface area contributed by atoms with Gasteiger partial charge in [-0.3, -0.25) is 0 Å². The van der Waals surface area contributed by atoms with Crippen molar-refractivity contribution in [2.24, 2.45) is 5.92 Å². The third kappa shape index (κ3) is 5.94. The minimum atomic E-state index is -4.56. The second-order valence-corrected chi connectivity index (χ2v) is 9.22. The van der Waals surface area contributed by atoms with Crippen molar-refractivity contribution < 1.29 is 31.1 Å². The highest BCUT2D eigenvalue weighted by molar-refractivity contribution is 7.12. The van der Waals surface area contributed by atoms with E-state index in [4.69, 9.17) is 21.6 Å². The summed E-state index contributed by atoms with van der Waals surface area (Å²) in [5, 5.41) is 9.72. The highest BCUT2D eigenvalue weighted by Gasteiger charge is 2.42. The van der Waals surface area contributed by atoms with Crippen LogP contribution in [0.1, 0.15) is 64.4 Å². The minimum absolute atomic E-state index is 0.00135. The molecule has 1 atom stereocenters. The van der Waals surface area contributed by atoms with Crippen LogP contribution in [0.5, 0.6) is 0 Å². The average Bonchev–Trinajstić information content (AvgIpc) is 3.08. The summed E-state index contributed by atoms with van der Waals surface area (Å²) < 4.78 is 82.7. The van der Waals surface area contributed by atoms with Crippen molar-refractivity contribution in [1.29, 1.82) is 5.26 Å². The molecule has 1 aliphatic carbocycles. The topological polar surface area (TPSA) is 45.9 Å². The lowest BCUT2D eigenvalue weighted by Crippen LogP contribution is -2.27. The molecule has 1 aliphatic rings. The summed E-state index contributed by atoms with van der Waals surface area (Å²) in [4.78, 5) is 4.89. The predicted molar refractivity (Wildman–Crippen MR) is 108 cm³/mol. The molecule has 0 radical (unpaired) electrons. The third-order valence-corrected chi connectivity index (χ3v) is 7.13. The average molecular weight is 497 g/mol. The maximum Gasteiger partial charge on any atom is 0.411 e. The van der Waals surface area contributed by atoms with E-state index in [0.717, 1.165) is 11.3 Å². The van der Waals surface area contributed by atoms with Crippen molar-refractivity contribution in [3.8, 4) is 6.07 Å². The number of halogens is 7. The van der Waals surface area contributed by atoms with Gasteiger partial charge in [-0.1, -0.05) is 17.7 Å². The van der Waals surface area contributed by atoms with Gasteiger partial charge in [-0.15, -0.1) is 11.3 Å². The summed E-state index contributed by atoms with van der Waals surface area (Å²) in [6.45, 7) is 0.129. The quantitative estimate of drug-likeness (QED) is 0.403. The first-order chi connectivity index (χ1) is 14.9. The van der Waals surface area contributed by atoms with Gasteiger partial charge in [0.1, 0.15) is 18.8 Å². The molecular weight excluding hydrogens is 478 g/mol. The van der Waals surface area contributed by atoms with Gasteiger partial charge in [0.05, 0.1) is 32.1 Å². The van der Waals surface area contributed by atoms with Gasteiger partial charge in [-0.25, -0.2) is 4.98 Å². The number of aromatic nitrogens is 1. The number of nitriles is 1. The standard InChI is InChI=1S/C21H19ClF6N2OS/c1-11-18(32-19(30-11)12-4-6-15(7-5-12)21(26,27)28)17(31-10-20(23,24)25)13-2-3-14(9-29)16(22)8-13/h2-3,8,12,15,17H,4-7,10H2,1H3. The van der Waals surface area contributed by atoms with E-state index in [1.807, 2.05) is 6.07 Å². The number of hydrogen-bond donors (Lipinski definition) is 0. The summed E-state index contributed by atoms with van der Waals surface area (Å²) >= 11 is 7.22. The van der Waals surface area contributed by atoms with Crippen LogP contribution in [-0.4, -0.2) is 23.9 Å². The normalized spacial score (nSPS) is 20.7. The fourth-order valence-electron chi connectivity index (χ4n) is 3.80. The smallest absolute Gasteiger partial charge is 0.358 e. The lowest BCUT2D eigenvalue weighted by Gasteiger charge is -2.28. The molecule has 0 saturated heterocycles. The molecule has 0 aliphatic heterocycles. The second kappa shape index (κ2) is 9.57. The van der Waals surface area contributed by atoms with Gasteiger partial charge < -0.3 is 4.74 Å². The molecule has 1 fully saturated rings. The Balaban J connectivity index is 1.88. The van der Waals surface area contributed by atoms with Crippen LogP contribution < -0.4 is 0 Å². The lowest BCUT2D eigenvalue weighted by atomic mass is 9.82.